The number of oxime groups is 1. The number of amidine groups is 1. The van der Waals surface area contributed by atoms with Gasteiger partial charge in [0, 0.05) is 18.9 Å². The molecular weight excluding hydrogens is 234 g/mol. The molecule has 7 heteroatoms. The summed E-state index contributed by atoms with van der Waals surface area (Å²) in [6.45, 7) is 1.08. The van der Waals surface area contributed by atoms with Crippen LogP contribution in [0.5, 0.6) is 0 Å². The van der Waals surface area contributed by atoms with Gasteiger partial charge >= 0.3 is 0 Å². The maximum atomic E-state index is 12.1. The molecule has 0 aliphatic heterocycles. The van der Waals surface area contributed by atoms with Crippen LogP contribution in [0.3, 0.4) is 0 Å². The molecule has 0 aromatic carbocycles. The van der Waals surface area contributed by atoms with E-state index in [1.807, 2.05) is 12.3 Å². The van der Waals surface area contributed by atoms with Crippen molar-refractivity contribution in [3.63, 3.8) is 0 Å². The number of carbonyl (C=O) groups is 1. The second-order valence-corrected chi connectivity index (χ2v) is 4.45. The Hall–Kier alpha value is -2.05. The standard InChI is InChI=1S/C11H17N5O2/c12-9(15-18)11(3-1-4-11)10(17)13-6-8-16-7-2-5-14-16/h2,5,7,18H,1,3-4,6,8H2,(H2,12,15)(H,13,17). The van der Waals surface area contributed by atoms with Crippen LogP contribution in [0.15, 0.2) is 23.6 Å². The second kappa shape index (κ2) is 5.07. The van der Waals surface area contributed by atoms with E-state index < -0.39 is 5.41 Å². The summed E-state index contributed by atoms with van der Waals surface area (Å²) in [7, 11) is 0. The van der Waals surface area contributed by atoms with E-state index in [4.69, 9.17) is 10.9 Å². The van der Waals surface area contributed by atoms with E-state index in [0.717, 1.165) is 6.42 Å². The lowest BCUT2D eigenvalue weighted by Gasteiger charge is -2.38. The van der Waals surface area contributed by atoms with Crippen LogP contribution in [0.1, 0.15) is 19.3 Å². The Kier molecular flexibility index (Phi) is 3.50. The van der Waals surface area contributed by atoms with Crippen LogP contribution < -0.4 is 11.1 Å². The van der Waals surface area contributed by atoms with Gasteiger partial charge in [-0.3, -0.25) is 9.48 Å². The van der Waals surface area contributed by atoms with Crippen LogP contribution in [0.25, 0.3) is 0 Å². The normalized spacial score (nSPS) is 18.1. The first-order valence-corrected chi connectivity index (χ1v) is 5.93. The van der Waals surface area contributed by atoms with Gasteiger partial charge < -0.3 is 16.3 Å². The van der Waals surface area contributed by atoms with Crippen molar-refractivity contribution >= 4 is 11.7 Å². The van der Waals surface area contributed by atoms with E-state index >= 15 is 0 Å². The Labute approximate surface area is 105 Å². The molecule has 1 aromatic heterocycles. The van der Waals surface area contributed by atoms with Crippen LogP contribution in [0.2, 0.25) is 0 Å². The molecule has 2 rings (SSSR count). The molecular formula is C11H17N5O2. The molecule has 7 nitrogen and oxygen atoms in total. The third kappa shape index (κ3) is 2.15. The zero-order valence-electron chi connectivity index (χ0n) is 10.0. The predicted octanol–water partition coefficient (Wildman–Crippen LogP) is -0.0840. The van der Waals surface area contributed by atoms with Crippen molar-refractivity contribution < 1.29 is 10.0 Å². The molecule has 1 fully saturated rings. The maximum Gasteiger partial charge on any atom is 0.234 e. The molecule has 0 spiro atoms. The van der Waals surface area contributed by atoms with Gasteiger partial charge in [-0.05, 0) is 18.9 Å². The first-order valence-electron chi connectivity index (χ1n) is 5.93. The van der Waals surface area contributed by atoms with Gasteiger partial charge in [0.2, 0.25) is 5.91 Å². The lowest BCUT2D eigenvalue weighted by Crippen LogP contribution is -2.54. The van der Waals surface area contributed by atoms with Gasteiger partial charge in [0.1, 0.15) is 5.41 Å². The second-order valence-electron chi connectivity index (χ2n) is 4.45. The Bertz CT molecular complexity index is 436. The summed E-state index contributed by atoms with van der Waals surface area (Å²) < 4.78 is 1.73. The zero-order chi connectivity index (χ0) is 13.0. The Balaban J connectivity index is 1.87. The highest BCUT2D eigenvalue weighted by molar-refractivity contribution is 6.07. The first-order chi connectivity index (χ1) is 8.69. The van der Waals surface area contributed by atoms with E-state index in [0.29, 0.717) is 25.9 Å². The summed E-state index contributed by atoms with van der Waals surface area (Å²) in [5.41, 5.74) is 4.80. The van der Waals surface area contributed by atoms with Crippen molar-refractivity contribution in [3.8, 4) is 0 Å². The number of hydrogen-bond acceptors (Lipinski definition) is 4. The molecule has 1 heterocycles. The Morgan fingerprint density at radius 3 is 2.89 bits per heavy atom. The molecule has 1 aliphatic carbocycles. The van der Waals surface area contributed by atoms with Crippen molar-refractivity contribution in [1.82, 2.24) is 15.1 Å². The van der Waals surface area contributed by atoms with E-state index in [-0.39, 0.29) is 11.7 Å². The van der Waals surface area contributed by atoms with Gasteiger partial charge in [0.15, 0.2) is 5.84 Å². The van der Waals surface area contributed by atoms with Gasteiger partial charge in [-0.2, -0.15) is 5.10 Å². The smallest absolute Gasteiger partial charge is 0.234 e. The van der Waals surface area contributed by atoms with Crippen LogP contribution in [0.4, 0.5) is 0 Å². The van der Waals surface area contributed by atoms with Crippen LogP contribution >= 0.6 is 0 Å². The summed E-state index contributed by atoms with van der Waals surface area (Å²) in [6.07, 6.45) is 5.70. The molecule has 0 radical (unpaired) electrons. The van der Waals surface area contributed by atoms with Gasteiger partial charge in [-0.25, -0.2) is 0 Å². The van der Waals surface area contributed by atoms with Gasteiger partial charge in [0.25, 0.3) is 0 Å². The van der Waals surface area contributed by atoms with Crippen molar-refractivity contribution in [2.45, 2.75) is 25.8 Å². The molecule has 4 N–H and O–H groups in total. The molecule has 1 aliphatic rings. The highest BCUT2D eigenvalue weighted by atomic mass is 16.4. The third-order valence-corrected chi connectivity index (χ3v) is 3.43. The number of nitrogens with zero attached hydrogens (tertiary/aromatic N) is 3. The minimum absolute atomic E-state index is 0.00494. The summed E-state index contributed by atoms with van der Waals surface area (Å²) in [5, 5.41) is 18.6. The Morgan fingerprint density at radius 2 is 2.39 bits per heavy atom. The zero-order valence-corrected chi connectivity index (χ0v) is 10.0. The van der Waals surface area contributed by atoms with E-state index in [2.05, 4.69) is 15.6 Å². The average Bonchev–Trinajstić information content (AvgIpc) is 2.80. The van der Waals surface area contributed by atoms with E-state index in [1.165, 1.54) is 0 Å². The summed E-state index contributed by atoms with van der Waals surface area (Å²) in [5.74, 6) is -0.165. The molecule has 1 amide bonds. The predicted molar refractivity (Wildman–Crippen MR) is 64.9 cm³/mol. The minimum Gasteiger partial charge on any atom is -0.409 e. The molecule has 0 saturated heterocycles. The lowest BCUT2D eigenvalue weighted by molar-refractivity contribution is -0.131. The third-order valence-electron chi connectivity index (χ3n) is 3.43. The quantitative estimate of drug-likeness (QED) is 0.294. The van der Waals surface area contributed by atoms with Crippen LogP contribution in [-0.2, 0) is 11.3 Å². The summed E-state index contributed by atoms with van der Waals surface area (Å²) in [6, 6.07) is 1.83. The van der Waals surface area contributed by atoms with Gasteiger partial charge in [-0.15, -0.1) is 0 Å². The average molecular weight is 251 g/mol. The lowest BCUT2D eigenvalue weighted by atomic mass is 9.67. The van der Waals surface area contributed by atoms with Crippen molar-refractivity contribution in [2.24, 2.45) is 16.3 Å². The summed E-state index contributed by atoms with van der Waals surface area (Å²) in [4.78, 5) is 12.1. The molecule has 18 heavy (non-hydrogen) atoms. The van der Waals surface area contributed by atoms with E-state index in [9.17, 15) is 4.79 Å². The topological polar surface area (TPSA) is 106 Å². The minimum atomic E-state index is -0.807. The number of rotatable bonds is 5. The molecule has 0 bridgehead atoms. The highest BCUT2D eigenvalue weighted by Crippen LogP contribution is 2.41. The van der Waals surface area contributed by atoms with Crippen LogP contribution in [-0.4, -0.2) is 33.3 Å². The first kappa shape index (κ1) is 12.4. The van der Waals surface area contributed by atoms with Crippen LogP contribution in [0, 0.1) is 5.41 Å². The fourth-order valence-electron chi connectivity index (χ4n) is 2.11. The summed E-state index contributed by atoms with van der Waals surface area (Å²) >= 11 is 0. The Morgan fingerprint density at radius 1 is 1.61 bits per heavy atom. The largest absolute Gasteiger partial charge is 0.409 e. The monoisotopic (exact) mass is 251 g/mol. The number of amides is 1. The molecule has 1 saturated carbocycles. The maximum absolute atomic E-state index is 12.1. The van der Waals surface area contributed by atoms with Crippen molar-refractivity contribution in [1.29, 1.82) is 0 Å². The van der Waals surface area contributed by atoms with E-state index in [1.54, 1.807) is 10.9 Å². The van der Waals surface area contributed by atoms with Gasteiger partial charge in [0.05, 0.1) is 6.54 Å². The molecule has 98 valence electrons. The molecule has 0 unspecified atom stereocenters. The number of hydrogen-bond donors (Lipinski definition) is 3. The van der Waals surface area contributed by atoms with Gasteiger partial charge in [-0.1, -0.05) is 11.6 Å². The number of carbonyl (C=O) groups excluding carboxylic acids is 1. The van der Waals surface area contributed by atoms with Crippen molar-refractivity contribution in [3.05, 3.63) is 18.5 Å². The fraction of sp³-hybridized carbons (Fsp3) is 0.545. The molecule has 0 atom stereocenters. The SMILES string of the molecule is N/C(=N/O)C1(C(=O)NCCn2cccn2)CCC1. The fourth-order valence-corrected chi connectivity index (χ4v) is 2.11. The highest BCUT2D eigenvalue weighted by Gasteiger charge is 2.48. The number of nitrogens with one attached hydrogen (secondary N) is 1. The number of nitrogens with two attached hydrogens (primary N) is 1. The number of aromatic nitrogens is 2. The molecule has 1 aromatic rings. The van der Waals surface area contributed by atoms with Crippen molar-refractivity contribution in [2.75, 3.05) is 6.54 Å².